The van der Waals surface area contributed by atoms with E-state index in [2.05, 4.69) is 40.4 Å². The number of carbonyl (C=O) groups excluding carboxylic acids is 1. The topological polar surface area (TPSA) is 45.7 Å². The van der Waals surface area contributed by atoms with E-state index in [0.29, 0.717) is 13.2 Å². The summed E-state index contributed by atoms with van der Waals surface area (Å²) in [5.74, 6) is 0.185. The smallest absolute Gasteiger partial charge is 0.241 e. The van der Waals surface area contributed by atoms with Crippen molar-refractivity contribution in [1.29, 1.82) is 0 Å². The first-order chi connectivity index (χ1) is 12.1. The van der Waals surface area contributed by atoms with E-state index in [1.807, 2.05) is 11.8 Å². The Bertz CT molecular complexity index is 789. The second-order valence-corrected chi connectivity index (χ2v) is 7.87. The Morgan fingerprint density at radius 2 is 2.28 bits per heavy atom. The maximum Gasteiger partial charge on any atom is 0.241 e. The van der Waals surface area contributed by atoms with Crippen LogP contribution in [0.5, 0.6) is 0 Å². The lowest BCUT2D eigenvalue weighted by molar-refractivity contribution is -0.121. The number of nitrogens with zero attached hydrogens (tertiary/aromatic N) is 3. The zero-order valence-corrected chi connectivity index (χ0v) is 15.5. The van der Waals surface area contributed by atoms with Crippen LogP contribution in [0.3, 0.4) is 0 Å². The van der Waals surface area contributed by atoms with Gasteiger partial charge in [-0.25, -0.2) is 4.98 Å². The molecular formula is C19H23N3O2S. The summed E-state index contributed by atoms with van der Waals surface area (Å²) in [6, 6.07) is 6.34. The Labute approximate surface area is 152 Å². The van der Waals surface area contributed by atoms with Crippen LogP contribution < -0.4 is 4.90 Å². The molecule has 1 aromatic carbocycles. The quantitative estimate of drug-likeness (QED) is 0.847. The van der Waals surface area contributed by atoms with Gasteiger partial charge in [-0.05, 0) is 38.0 Å². The first kappa shape index (κ1) is 16.7. The normalized spacial score (nSPS) is 20.7. The molecule has 0 N–H and O–H groups in total. The highest BCUT2D eigenvalue weighted by Gasteiger charge is 2.27. The van der Waals surface area contributed by atoms with Crippen molar-refractivity contribution < 1.29 is 9.53 Å². The summed E-state index contributed by atoms with van der Waals surface area (Å²) in [4.78, 5) is 21.5. The molecule has 2 aliphatic rings. The van der Waals surface area contributed by atoms with Crippen molar-refractivity contribution >= 4 is 22.9 Å². The number of morpholine rings is 1. The monoisotopic (exact) mass is 357 g/mol. The van der Waals surface area contributed by atoms with E-state index in [-0.39, 0.29) is 12.0 Å². The highest BCUT2D eigenvalue weighted by atomic mass is 32.1. The second-order valence-electron chi connectivity index (χ2n) is 6.81. The number of hydrogen-bond acceptors (Lipinski definition) is 5. The van der Waals surface area contributed by atoms with Gasteiger partial charge in [-0.2, -0.15) is 0 Å². The minimum Gasteiger partial charge on any atom is -0.376 e. The SMILES string of the molecule is Cc1nc(-c2ccc3c(c2)CCN3C(=O)CN2CCO[C@H](C)C2)cs1. The third-order valence-electron chi connectivity index (χ3n) is 4.87. The van der Waals surface area contributed by atoms with Gasteiger partial charge in [-0.3, -0.25) is 9.69 Å². The number of hydrogen-bond donors (Lipinski definition) is 0. The molecule has 0 unspecified atom stereocenters. The van der Waals surface area contributed by atoms with Crippen LogP contribution in [0.1, 0.15) is 17.5 Å². The molecule has 0 saturated carbocycles. The third-order valence-corrected chi connectivity index (χ3v) is 5.65. The summed E-state index contributed by atoms with van der Waals surface area (Å²) in [6.07, 6.45) is 1.12. The standard InChI is InChI=1S/C19H23N3O2S/c1-13-10-21(7-8-24-13)11-19(23)22-6-5-16-9-15(3-4-18(16)22)17-12-25-14(2)20-17/h3-4,9,12-13H,5-8,10-11H2,1-2H3/t13-/m1/s1. The molecule has 0 bridgehead atoms. The van der Waals surface area contributed by atoms with Crippen LogP contribution in [-0.4, -0.2) is 54.7 Å². The summed E-state index contributed by atoms with van der Waals surface area (Å²) in [5.41, 5.74) is 4.46. The van der Waals surface area contributed by atoms with Gasteiger partial charge in [0.25, 0.3) is 0 Å². The molecule has 0 radical (unpaired) electrons. The van der Waals surface area contributed by atoms with Gasteiger partial charge >= 0.3 is 0 Å². The second kappa shape index (κ2) is 6.86. The zero-order valence-electron chi connectivity index (χ0n) is 14.7. The Hall–Kier alpha value is -1.76. The minimum atomic E-state index is 0.185. The number of thiazole rings is 1. The first-order valence-corrected chi connectivity index (χ1v) is 9.68. The Balaban J connectivity index is 1.48. The van der Waals surface area contributed by atoms with E-state index < -0.39 is 0 Å². The van der Waals surface area contributed by atoms with E-state index in [1.165, 1.54) is 5.56 Å². The molecular weight excluding hydrogens is 334 g/mol. The van der Waals surface area contributed by atoms with Gasteiger partial charge in [0.1, 0.15) is 0 Å². The van der Waals surface area contributed by atoms with Crippen LogP contribution in [0.4, 0.5) is 5.69 Å². The van der Waals surface area contributed by atoms with Gasteiger partial charge < -0.3 is 9.64 Å². The largest absolute Gasteiger partial charge is 0.376 e. The molecule has 0 spiro atoms. The van der Waals surface area contributed by atoms with Crippen molar-refractivity contribution in [3.63, 3.8) is 0 Å². The third kappa shape index (κ3) is 3.47. The molecule has 3 heterocycles. The number of anilines is 1. The maximum absolute atomic E-state index is 12.8. The number of ether oxygens (including phenoxy) is 1. The highest BCUT2D eigenvalue weighted by molar-refractivity contribution is 7.09. The summed E-state index contributed by atoms with van der Waals surface area (Å²) >= 11 is 1.67. The fourth-order valence-electron chi connectivity index (χ4n) is 3.63. The van der Waals surface area contributed by atoms with Crippen LogP contribution in [0, 0.1) is 6.92 Å². The molecule has 1 amide bonds. The van der Waals surface area contributed by atoms with Crippen LogP contribution in [0.15, 0.2) is 23.6 Å². The summed E-state index contributed by atoms with van der Waals surface area (Å²) in [6.45, 7) is 7.70. The summed E-state index contributed by atoms with van der Waals surface area (Å²) in [5, 5.41) is 3.17. The van der Waals surface area contributed by atoms with Crippen LogP contribution in [-0.2, 0) is 16.0 Å². The van der Waals surface area contributed by atoms with Gasteiger partial charge in [-0.15, -0.1) is 11.3 Å². The lowest BCUT2D eigenvalue weighted by atomic mass is 10.1. The van der Waals surface area contributed by atoms with Gasteiger partial charge in [0.2, 0.25) is 5.91 Å². The molecule has 5 nitrogen and oxygen atoms in total. The molecule has 6 heteroatoms. The van der Waals surface area contributed by atoms with Crippen LogP contribution in [0.2, 0.25) is 0 Å². The lowest BCUT2D eigenvalue weighted by Gasteiger charge is -2.31. The highest BCUT2D eigenvalue weighted by Crippen LogP contribution is 2.32. The van der Waals surface area contributed by atoms with E-state index in [0.717, 1.165) is 48.0 Å². The molecule has 0 aliphatic carbocycles. The number of rotatable bonds is 3. The summed E-state index contributed by atoms with van der Waals surface area (Å²) in [7, 11) is 0. The number of carbonyl (C=O) groups is 1. The maximum atomic E-state index is 12.8. The van der Waals surface area contributed by atoms with Gasteiger partial charge in [0.05, 0.1) is 30.0 Å². The summed E-state index contributed by atoms with van der Waals surface area (Å²) < 4.78 is 5.56. The van der Waals surface area contributed by atoms with Crippen LogP contribution >= 0.6 is 11.3 Å². The molecule has 132 valence electrons. The predicted octanol–water partition coefficient (Wildman–Crippen LogP) is 2.73. The number of amides is 1. The number of benzene rings is 1. The van der Waals surface area contributed by atoms with Crippen LogP contribution in [0.25, 0.3) is 11.3 Å². The van der Waals surface area contributed by atoms with Gasteiger partial charge in [0, 0.05) is 36.3 Å². The zero-order chi connectivity index (χ0) is 17.4. The van der Waals surface area contributed by atoms with Crippen molar-refractivity contribution in [2.75, 3.05) is 37.7 Å². The number of aromatic nitrogens is 1. The molecule has 1 aromatic heterocycles. The van der Waals surface area contributed by atoms with E-state index in [4.69, 9.17) is 4.74 Å². The average Bonchev–Trinajstić information content (AvgIpc) is 3.20. The first-order valence-electron chi connectivity index (χ1n) is 8.80. The fraction of sp³-hybridized carbons (Fsp3) is 0.474. The molecule has 1 fully saturated rings. The van der Waals surface area contributed by atoms with Crippen molar-refractivity contribution in [2.45, 2.75) is 26.4 Å². The fourth-order valence-corrected chi connectivity index (χ4v) is 4.25. The average molecular weight is 357 g/mol. The number of aryl methyl sites for hydroxylation is 1. The van der Waals surface area contributed by atoms with Crippen molar-refractivity contribution in [3.8, 4) is 11.3 Å². The predicted molar refractivity (Wildman–Crippen MR) is 100 cm³/mol. The van der Waals surface area contributed by atoms with Gasteiger partial charge in [-0.1, -0.05) is 6.07 Å². The van der Waals surface area contributed by atoms with Crippen molar-refractivity contribution in [1.82, 2.24) is 9.88 Å². The molecule has 4 rings (SSSR count). The Morgan fingerprint density at radius 3 is 3.04 bits per heavy atom. The Morgan fingerprint density at radius 1 is 1.40 bits per heavy atom. The van der Waals surface area contributed by atoms with E-state index in [1.54, 1.807) is 11.3 Å². The Kier molecular flexibility index (Phi) is 4.58. The van der Waals surface area contributed by atoms with E-state index >= 15 is 0 Å². The molecule has 1 atom stereocenters. The molecule has 2 aromatic rings. The van der Waals surface area contributed by atoms with E-state index in [9.17, 15) is 4.79 Å². The molecule has 2 aliphatic heterocycles. The van der Waals surface area contributed by atoms with Crippen molar-refractivity contribution in [2.24, 2.45) is 0 Å². The van der Waals surface area contributed by atoms with Gasteiger partial charge in [0.15, 0.2) is 0 Å². The molecule has 25 heavy (non-hydrogen) atoms. The molecule has 1 saturated heterocycles. The lowest BCUT2D eigenvalue weighted by Crippen LogP contribution is -2.47. The minimum absolute atomic E-state index is 0.185. The van der Waals surface area contributed by atoms with Crippen molar-refractivity contribution in [3.05, 3.63) is 34.2 Å². The number of fused-ring (bicyclic) bond motifs is 1.